The minimum atomic E-state index is -0.261. The van der Waals surface area contributed by atoms with Crippen molar-refractivity contribution in [2.75, 3.05) is 38.7 Å². The summed E-state index contributed by atoms with van der Waals surface area (Å²) >= 11 is 6.42. The first kappa shape index (κ1) is 25.4. The number of urea groups is 1. The number of benzene rings is 2. The molecule has 10 heteroatoms. The first-order chi connectivity index (χ1) is 18.1. The summed E-state index contributed by atoms with van der Waals surface area (Å²) in [6.07, 6.45) is 8.14. The molecule has 5 rings (SSSR count). The van der Waals surface area contributed by atoms with Gasteiger partial charge in [-0.25, -0.2) is 14.8 Å². The molecule has 0 unspecified atom stereocenters. The molecule has 1 aliphatic heterocycles. The van der Waals surface area contributed by atoms with Gasteiger partial charge in [-0.15, -0.1) is 0 Å². The van der Waals surface area contributed by atoms with Crippen LogP contribution in [-0.2, 0) is 0 Å². The summed E-state index contributed by atoms with van der Waals surface area (Å²) in [5.41, 5.74) is 1.18. The summed E-state index contributed by atoms with van der Waals surface area (Å²) in [7, 11) is 1.61. The Hall–Kier alpha value is -3.30. The zero-order chi connectivity index (χ0) is 25.6. The predicted molar refractivity (Wildman–Crippen MR) is 143 cm³/mol. The smallest absolute Gasteiger partial charge is 0.319 e. The van der Waals surface area contributed by atoms with E-state index in [4.69, 9.17) is 25.8 Å². The van der Waals surface area contributed by atoms with Crippen LogP contribution in [0.25, 0.3) is 10.9 Å². The van der Waals surface area contributed by atoms with E-state index in [0.717, 1.165) is 32.2 Å². The summed E-state index contributed by atoms with van der Waals surface area (Å²) in [5.74, 6) is 2.07. The number of aromatic nitrogens is 2. The maximum atomic E-state index is 12.2. The Morgan fingerprint density at radius 2 is 1.95 bits per heavy atom. The zero-order valence-corrected chi connectivity index (χ0v) is 21.7. The summed E-state index contributed by atoms with van der Waals surface area (Å²) in [6, 6.07) is 8.73. The number of fused-ring (bicyclic) bond motifs is 1. The van der Waals surface area contributed by atoms with Crippen LogP contribution in [-0.4, -0.2) is 60.3 Å². The van der Waals surface area contributed by atoms with Gasteiger partial charge in [-0.3, -0.25) is 0 Å². The molecule has 2 N–H and O–H groups in total. The highest BCUT2D eigenvalue weighted by atomic mass is 35.5. The van der Waals surface area contributed by atoms with Crippen molar-refractivity contribution in [2.45, 2.75) is 44.6 Å². The maximum Gasteiger partial charge on any atom is 0.319 e. The van der Waals surface area contributed by atoms with E-state index < -0.39 is 0 Å². The number of hydrogen-bond acceptors (Lipinski definition) is 7. The molecule has 1 saturated heterocycles. The summed E-state index contributed by atoms with van der Waals surface area (Å²) in [4.78, 5) is 23.3. The molecule has 1 saturated carbocycles. The standard InChI is InChI=1S/C27H32ClN5O4/c1-35-24-15-20-23(16-25(24)36-13-5-12-33-10-2-3-11-33)29-17-30-26(20)37-19-8-9-22(21(28)14-19)32-27(34)31-18-6-4-7-18/h8-9,14-18H,2-7,10-13H2,1H3,(H2,31,32,34). The van der Waals surface area contributed by atoms with Crippen molar-refractivity contribution >= 4 is 34.2 Å². The lowest BCUT2D eigenvalue weighted by Gasteiger charge is -2.26. The third-order valence-electron chi connectivity index (χ3n) is 6.80. The van der Waals surface area contributed by atoms with Gasteiger partial charge in [-0.2, -0.15) is 0 Å². The average Bonchev–Trinajstić information content (AvgIpc) is 3.39. The van der Waals surface area contributed by atoms with Crippen molar-refractivity contribution < 1.29 is 19.0 Å². The van der Waals surface area contributed by atoms with Crippen LogP contribution in [0.2, 0.25) is 5.02 Å². The van der Waals surface area contributed by atoms with E-state index in [1.807, 2.05) is 12.1 Å². The molecular weight excluding hydrogens is 494 g/mol. The third-order valence-corrected chi connectivity index (χ3v) is 7.12. The van der Waals surface area contributed by atoms with E-state index in [0.29, 0.717) is 51.3 Å². The molecule has 2 aliphatic rings. The highest BCUT2D eigenvalue weighted by molar-refractivity contribution is 6.33. The van der Waals surface area contributed by atoms with Crippen LogP contribution in [0.4, 0.5) is 10.5 Å². The van der Waals surface area contributed by atoms with E-state index >= 15 is 0 Å². The second-order valence-electron chi connectivity index (χ2n) is 9.42. The van der Waals surface area contributed by atoms with Crippen molar-refractivity contribution in [2.24, 2.45) is 0 Å². The van der Waals surface area contributed by atoms with Crippen LogP contribution >= 0.6 is 11.6 Å². The second kappa shape index (κ2) is 11.8. The lowest BCUT2D eigenvalue weighted by molar-refractivity contribution is 0.240. The van der Waals surface area contributed by atoms with Crippen LogP contribution in [0.1, 0.15) is 38.5 Å². The molecule has 2 heterocycles. The Morgan fingerprint density at radius 3 is 2.68 bits per heavy atom. The molecule has 196 valence electrons. The number of ether oxygens (including phenoxy) is 3. The average molecular weight is 526 g/mol. The number of carbonyl (C=O) groups is 1. The molecule has 37 heavy (non-hydrogen) atoms. The van der Waals surface area contributed by atoms with Gasteiger partial charge in [0, 0.05) is 24.7 Å². The van der Waals surface area contributed by atoms with Gasteiger partial charge in [0.25, 0.3) is 0 Å². The third kappa shape index (κ3) is 6.34. The van der Waals surface area contributed by atoms with Gasteiger partial charge in [0.1, 0.15) is 12.1 Å². The topological polar surface area (TPSA) is 97.8 Å². The highest BCUT2D eigenvalue weighted by Gasteiger charge is 2.20. The monoisotopic (exact) mass is 525 g/mol. The number of halogens is 1. The van der Waals surface area contributed by atoms with Crippen LogP contribution < -0.4 is 24.8 Å². The molecule has 0 bridgehead atoms. The van der Waals surface area contributed by atoms with Crippen LogP contribution in [0.15, 0.2) is 36.7 Å². The molecule has 1 aromatic heterocycles. The van der Waals surface area contributed by atoms with Gasteiger partial charge in [-0.1, -0.05) is 11.6 Å². The van der Waals surface area contributed by atoms with Crippen LogP contribution in [0.3, 0.4) is 0 Å². The lowest BCUT2D eigenvalue weighted by atomic mass is 9.93. The second-order valence-corrected chi connectivity index (χ2v) is 9.83. The molecule has 0 atom stereocenters. The van der Waals surface area contributed by atoms with E-state index in [9.17, 15) is 4.79 Å². The van der Waals surface area contributed by atoms with Crippen molar-refractivity contribution in [1.82, 2.24) is 20.2 Å². The van der Waals surface area contributed by atoms with Gasteiger partial charge < -0.3 is 29.7 Å². The largest absolute Gasteiger partial charge is 0.493 e. The Bertz CT molecular complexity index is 1250. The van der Waals surface area contributed by atoms with Gasteiger partial charge in [0.2, 0.25) is 5.88 Å². The Balaban J connectivity index is 1.26. The number of anilines is 1. The minimum Gasteiger partial charge on any atom is -0.493 e. The molecule has 0 radical (unpaired) electrons. The van der Waals surface area contributed by atoms with Gasteiger partial charge in [-0.05, 0) is 69.8 Å². The summed E-state index contributed by atoms with van der Waals surface area (Å²) < 4.78 is 17.7. The van der Waals surface area contributed by atoms with E-state index in [2.05, 4.69) is 25.5 Å². The molecule has 3 aromatic rings. The van der Waals surface area contributed by atoms with Crippen LogP contribution in [0, 0.1) is 0 Å². The van der Waals surface area contributed by atoms with Crippen molar-refractivity contribution in [3.8, 4) is 23.1 Å². The Kier molecular flexibility index (Phi) is 8.11. The van der Waals surface area contributed by atoms with E-state index in [1.54, 1.807) is 25.3 Å². The van der Waals surface area contributed by atoms with Crippen molar-refractivity contribution in [3.05, 3.63) is 41.7 Å². The number of nitrogens with one attached hydrogen (secondary N) is 2. The van der Waals surface area contributed by atoms with Gasteiger partial charge in [0.05, 0.1) is 35.3 Å². The SMILES string of the molecule is COc1cc2c(Oc3ccc(NC(=O)NC4CCC4)c(Cl)c3)ncnc2cc1OCCCN1CCCC1. The van der Waals surface area contributed by atoms with Crippen molar-refractivity contribution in [1.29, 1.82) is 0 Å². The molecule has 2 fully saturated rings. The maximum absolute atomic E-state index is 12.2. The predicted octanol–water partition coefficient (Wildman–Crippen LogP) is 5.62. The number of methoxy groups -OCH3 is 1. The van der Waals surface area contributed by atoms with Gasteiger partial charge in [0.15, 0.2) is 11.5 Å². The van der Waals surface area contributed by atoms with Gasteiger partial charge >= 0.3 is 6.03 Å². The molecular formula is C27H32ClN5O4. The number of likely N-dealkylation sites (tertiary alicyclic amines) is 1. The van der Waals surface area contributed by atoms with Crippen molar-refractivity contribution in [3.63, 3.8) is 0 Å². The zero-order valence-electron chi connectivity index (χ0n) is 21.0. The Morgan fingerprint density at radius 1 is 1.11 bits per heavy atom. The Labute approximate surface area is 221 Å². The summed E-state index contributed by atoms with van der Waals surface area (Å²) in [5, 5.41) is 6.77. The first-order valence-electron chi connectivity index (χ1n) is 12.8. The molecule has 9 nitrogen and oxygen atoms in total. The number of nitrogens with zero attached hydrogens (tertiary/aromatic N) is 3. The first-order valence-corrected chi connectivity index (χ1v) is 13.2. The normalized spacial score (nSPS) is 15.8. The quantitative estimate of drug-likeness (QED) is 0.331. The summed E-state index contributed by atoms with van der Waals surface area (Å²) in [6.45, 7) is 4.00. The molecule has 2 amide bonds. The van der Waals surface area contributed by atoms with E-state index in [-0.39, 0.29) is 12.1 Å². The van der Waals surface area contributed by atoms with E-state index in [1.165, 1.54) is 32.3 Å². The number of hydrogen-bond donors (Lipinski definition) is 2. The van der Waals surface area contributed by atoms with Crippen LogP contribution in [0.5, 0.6) is 23.1 Å². The molecule has 1 aliphatic carbocycles. The fourth-order valence-corrected chi connectivity index (χ4v) is 4.76. The fraction of sp³-hybridized carbons (Fsp3) is 0.444. The molecule has 0 spiro atoms. The minimum absolute atomic E-state index is 0.241. The number of rotatable bonds is 10. The number of carbonyl (C=O) groups excluding carboxylic acids is 1. The highest BCUT2D eigenvalue weighted by Crippen LogP contribution is 2.37. The molecule has 2 aromatic carbocycles. The fourth-order valence-electron chi connectivity index (χ4n) is 4.54. The lowest BCUT2D eigenvalue weighted by Crippen LogP contribution is -2.41. The number of amides is 2.